The minimum absolute atomic E-state index is 0.302. The zero-order chi connectivity index (χ0) is 13.7. The fraction of sp³-hybridized carbons (Fsp3) is 0.267. The van der Waals surface area contributed by atoms with Gasteiger partial charge in [0.25, 0.3) is 0 Å². The van der Waals surface area contributed by atoms with Crippen LogP contribution in [-0.2, 0) is 0 Å². The molecule has 1 atom stereocenters. The Labute approximate surface area is 121 Å². The summed E-state index contributed by atoms with van der Waals surface area (Å²) in [6.45, 7) is 2.77. The van der Waals surface area contributed by atoms with Gasteiger partial charge in [-0.05, 0) is 40.5 Å². The smallest absolute Gasteiger partial charge is 0.124 e. The van der Waals surface area contributed by atoms with Gasteiger partial charge in [-0.2, -0.15) is 0 Å². The van der Waals surface area contributed by atoms with Gasteiger partial charge in [-0.15, -0.1) is 0 Å². The first kappa shape index (κ1) is 14.0. The number of hydrogen-bond donors (Lipinski definition) is 1. The van der Waals surface area contributed by atoms with Crippen LogP contribution in [0.5, 0.6) is 5.75 Å². The van der Waals surface area contributed by atoms with Crippen molar-refractivity contribution in [2.75, 3.05) is 6.61 Å². The summed E-state index contributed by atoms with van der Waals surface area (Å²) in [7, 11) is 0. The molecule has 2 rings (SSSR count). The highest BCUT2D eigenvalue weighted by Gasteiger charge is 2.17. The number of halogens is 1. The molecule has 0 radical (unpaired) electrons. The van der Waals surface area contributed by atoms with Gasteiger partial charge in [0.15, 0.2) is 0 Å². The van der Waals surface area contributed by atoms with Gasteiger partial charge >= 0.3 is 0 Å². The molecule has 2 aromatic rings. The van der Waals surface area contributed by atoms with Crippen LogP contribution < -0.4 is 10.5 Å². The number of nitrogens with two attached hydrogens (primary N) is 1. The van der Waals surface area contributed by atoms with Crippen molar-refractivity contribution in [2.24, 2.45) is 5.73 Å². The molecular weight excluding hydrogens is 304 g/mol. The van der Waals surface area contributed by atoms with Crippen molar-refractivity contribution >= 4 is 15.9 Å². The lowest BCUT2D eigenvalue weighted by molar-refractivity contribution is 0.313. The summed E-state index contributed by atoms with van der Waals surface area (Å²) < 4.78 is 6.66. The second kappa shape index (κ2) is 6.68. The van der Waals surface area contributed by atoms with Gasteiger partial charge in [-0.1, -0.05) is 25.1 Å². The molecule has 0 fully saturated rings. The molecule has 0 aliphatic carbocycles. The van der Waals surface area contributed by atoms with Crippen molar-refractivity contribution < 1.29 is 4.74 Å². The molecule has 1 unspecified atom stereocenters. The lowest BCUT2D eigenvalue weighted by Gasteiger charge is -2.17. The summed E-state index contributed by atoms with van der Waals surface area (Å²) in [5, 5.41) is 0. The van der Waals surface area contributed by atoms with E-state index < -0.39 is 0 Å². The average molecular weight is 321 g/mol. The molecule has 0 saturated carbocycles. The number of hydrogen-bond acceptors (Lipinski definition) is 3. The lowest BCUT2D eigenvalue weighted by Crippen LogP contribution is -2.15. The van der Waals surface area contributed by atoms with Gasteiger partial charge < -0.3 is 10.5 Å². The van der Waals surface area contributed by atoms with Gasteiger partial charge in [0.2, 0.25) is 0 Å². The first-order chi connectivity index (χ1) is 9.24. The number of benzene rings is 1. The zero-order valence-corrected chi connectivity index (χ0v) is 12.4. The monoisotopic (exact) mass is 320 g/mol. The summed E-state index contributed by atoms with van der Waals surface area (Å²) >= 11 is 3.49. The Morgan fingerprint density at radius 1 is 1.26 bits per heavy atom. The highest BCUT2D eigenvalue weighted by molar-refractivity contribution is 9.10. The third kappa shape index (κ3) is 3.33. The third-order valence-corrected chi connectivity index (χ3v) is 3.47. The predicted octanol–water partition coefficient (Wildman–Crippen LogP) is 3.68. The largest absolute Gasteiger partial charge is 0.493 e. The van der Waals surface area contributed by atoms with Crippen LogP contribution in [0.4, 0.5) is 0 Å². The molecular formula is C15H17BrN2O. The normalized spacial score (nSPS) is 12.2. The Balaban J connectivity index is 2.33. The first-order valence-corrected chi connectivity index (χ1v) is 7.11. The van der Waals surface area contributed by atoms with Crippen LogP contribution in [0.1, 0.15) is 30.6 Å². The molecule has 0 saturated heterocycles. The quantitative estimate of drug-likeness (QED) is 0.914. The van der Waals surface area contributed by atoms with Gasteiger partial charge in [0.05, 0.1) is 18.3 Å². The fourth-order valence-corrected chi connectivity index (χ4v) is 2.36. The zero-order valence-electron chi connectivity index (χ0n) is 10.8. The van der Waals surface area contributed by atoms with Crippen LogP contribution in [-0.4, -0.2) is 11.6 Å². The van der Waals surface area contributed by atoms with Crippen LogP contribution in [0.3, 0.4) is 0 Å². The second-order valence-electron chi connectivity index (χ2n) is 4.23. The number of aromatic nitrogens is 1. The van der Waals surface area contributed by atoms with Crippen LogP contribution >= 0.6 is 15.9 Å². The summed E-state index contributed by atoms with van der Waals surface area (Å²) in [6.07, 6.45) is 2.71. The Kier molecular flexibility index (Phi) is 4.93. The molecule has 2 N–H and O–H groups in total. The number of pyridine rings is 1. The number of para-hydroxylation sites is 1. The predicted molar refractivity (Wildman–Crippen MR) is 80.2 cm³/mol. The van der Waals surface area contributed by atoms with Crippen molar-refractivity contribution in [1.29, 1.82) is 0 Å². The molecule has 3 nitrogen and oxygen atoms in total. The van der Waals surface area contributed by atoms with Gasteiger partial charge in [-0.25, -0.2) is 0 Å². The van der Waals surface area contributed by atoms with E-state index >= 15 is 0 Å². The summed E-state index contributed by atoms with van der Waals surface area (Å²) in [6, 6.07) is 11.4. The van der Waals surface area contributed by atoms with E-state index in [0.29, 0.717) is 6.61 Å². The fourth-order valence-electron chi connectivity index (χ4n) is 1.85. The summed E-state index contributed by atoms with van der Waals surface area (Å²) in [5.41, 5.74) is 8.09. The topological polar surface area (TPSA) is 48.1 Å². The van der Waals surface area contributed by atoms with E-state index in [2.05, 4.69) is 27.8 Å². The van der Waals surface area contributed by atoms with Crippen molar-refractivity contribution in [1.82, 2.24) is 4.98 Å². The molecule has 0 aliphatic rings. The maximum atomic E-state index is 6.32. The minimum atomic E-state index is -0.302. The maximum absolute atomic E-state index is 6.32. The maximum Gasteiger partial charge on any atom is 0.124 e. The van der Waals surface area contributed by atoms with Gasteiger partial charge in [0, 0.05) is 16.2 Å². The van der Waals surface area contributed by atoms with Gasteiger partial charge in [0.1, 0.15) is 5.75 Å². The van der Waals surface area contributed by atoms with E-state index in [0.717, 1.165) is 27.9 Å². The van der Waals surface area contributed by atoms with Gasteiger partial charge in [-0.3, -0.25) is 4.98 Å². The number of ether oxygens (including phenoxy) is 1. The van der Waals surface area contributed by atoms with E-state index in [1.54, 1.807) is 6.20 Å². The Hall–Kier alpha value is -1.39. The summed E-state index contributed by atoms with van der Waals surface area (Å²) in [5.74, 6) is 0.828. The third-order valence-electron chi connectivity index (χ3n) is 2.80. The van der Waals surface area contributed by atoms with E-state index in [9.17, 15) is 0 Å². The second-order valence-corrected chi connectivity index (χ2v) is 5.09. The molecule has 0 spiro atoms. The van der Waals surface area contributed by atoms with E-state index in [1.807, 2.05) is 36.4 Å². The van der Waals surface area contributed by atoms with Crippen molar-refractivity contribution in [3.05, 3.63) is 58.3 Å². The molecule has 4 heteroatoms. The molecule has 19 heavy (non-hydrogen) atoms. The number of rotatable bonds is 5. The molecule has 1 aromatic carbocycles. The van der Waals surface area contributed by atoms with Crippen molar-refractivity contribution in [3.63, 3.8) is 0 Å². The standard InChI is InChI=1S/C15H17BrN2O/c1-2-10-19-13-8-4-3-6-11(13)14(17)15-12(16)7-5-9-18-15/h3-9,14H,2,10,17H2,1H3. The Morgan fingerprint density at radius 3 is 2.79 bits per heavy atom. The van der Waals surface area contributed by atoms with Crippen LogP contribution in [0.2, 0.25) is 0 Å². The molecule has 0 bridgehead atoms. The Bertz CT molecular complexity index is 545. The lowest BCUT2D eigenvalue weighted by atomic mass is 10.0. The van der Waals surface area contributed by atoms with Crippen LogP contribution in [0.25, 0.3) is 0 Å². The van der Waals surface area contributed by atoms with Crippen molar-refractivity contribution in [2.45, 2.75) is 19.4 Å². The van der Waals surface area contributed by atoms with Crippen LogP contribution in [0.15, 0.2) is 47.1 Å². The van der Waals surface area contributed by atoms with Crippen molar-refractivity contribution in [3.8, 4) is 5.75 Å². The molecule has 1 heterocycles. The minimum Gasteiger partial charge on any atom is -0.493 e. The van der Waals surface area contributed by atoms with E-state index in [4.69, 9.17) is 10.5 Å². The van der Waals surface area contributed by atoms with E-state index in [-0.39, 0.29) is 6.04 Å². The SMILES string of the molecule is CCCOc1ccccc1C(N)c1ncccc1Br. The molecule has 0 amide bonds. The highest BCUT2D eigenvalue weighted by Crippen LogP contribution is 2.30. The first-order valence-electron chi connectivity index (χ1n) is 6.31. The van der Waals surface area contributed by atoms with Crippen LogP contribution in [0, 0.1) is 0 Å². The molecule has 0 aliphatic heterocycles. The highest BCUT2D eigenvalue weighted by atomic mass is 79.9. The number of nitrogens with zero attached hydrogens (tertiary/aromatic N) is 1. The molecule has 1 aromatic heterocycles. The van der Waals surface area contributed by atoms with E-state index in [1.165, 1.54) is 0 Å². The molecule has 100 valence electrons. The average Bonchev–Trinajstić information content (AvgIpc) is 2.45. The summed E-state index contributed by atoms with van der Waals surface area (Å²) in [4.78, 5) is 4.35. The Morgan fingerprint density at radius 2 is 2.05 bits per heavy atom.